The Labute approximate surface area is 183 Å². The number of ether oxygens (including phenoxy) is 3. The van der Waals surface area contributed by atoms with Crippen molar-refractivity contribution in [2.24, 2.45) is 0 Å². The van der Waals surface area contributed by atoms with Crippen LogP contribution in [0.4, 0.5) is 11.4 Å². The average Bonchev–Trinajstić information content (AvgIpc) is 2.70. The van der Waals surface area contributed by atoms with Crippen molar-refractivity contribution < 1.29 is 27.4 Å². The van der Waals surface area contributed by atoms with Crippen molar-refractivity contribution >= 4 is 27.3 Å². The predicted octanol–water partition coefficient (Wildman–Crippen LogP) is 2.70. The Morgan fingerprint density at radius 2 is 1.68 bits per heavy atom. The number of hydrogen-bond acceptors (Lipinski definition) is 7. The van der Waals surface area contributed by atoms with E-state index in [4.69, 9.17) is 14.2 Å². The zero-order chi connectivity index (χ0) is 23.0. The first-order valence-corrected chi connectivity index (χ1v) is 11.5. The van der Waals surface area contributed by atoms with Crippen molar-refractivity contribution in [1.82, 2.24) is 5.32 Å². The van der Waals surface area contributed by atoms with Gasteiger partial charge in [-0.25, -0.2) is 8.42 Å². The smallest absolute Gasteiger partial charge is 0.263 e. The summed E-state index contributed by atoms with van der Waals surface area (Å²) in [6.45, 7) is 5.10. The minimum atomic E-state index is -3.60. The maximum Gasteiger partial charge on any atom is 0.263 e. The largest absolute Gasteiger partial charge is 0.496 e. The van der Waals surface area contributed by atoms with Crippen LogP contribution >= 0.6 is 0 Å². The van der Waals surface area contributed by atoms with Crippen molar-refractivity contribution in [3.63, 3.8) is 0 Å². The molecule has 0 saturated heterocycles. The van der Waals surface area contributed by atoms with Crippen LogP contribution in [0.3, 0.4) is 0 Å². The van der Waals surface area contributed by atoms with Gasteiger partial charge in [-0.2, -0.15) is 0 Å². The predicted molar refractivity (Wildman–Crippen MR) is 121 cm³/mol. The molecule has 0 atom stereocenters. The zero-order valence-electron chi connectivity index (χ0n) is 18.3. The summed E-state index contributed by atoms with van der Waals surface area (Å²) < 4.78 is 42.3. The second kappa shape index (κ2) is 10.9. The van der Waals surface area contributed by atoms with Crippen LogP contribution < -0.4 is 29.6 Å². The Hall–Kier alpha value is -2.98. The monoisotopic (exact) mass is 451 g/mol. The highest BCUT2D eigenvalue weighted by Crippen LogP contribution is 2.32. The topological polar surface area (TPSA) is 115 Å². The molecule has 0 aliphatic rings. The van der Waals surface area contributed by atoms with Crippen molar-refractivity contribution in [1.29, 1.82) is 0 Å². The molecule has 0 saturated carbocycles. The maximum atomic E-state index is 13.0. The van der Waals surface area contributed by atoms with Crippen molar-refractivity contribution in [2.75, 3.05) is 43.7 Å². The van der Waals surface area contributed by atoms with Gasteiger partial charge < -0.3 is 24.8 Å². The van der Waals surface area contributed by atoms with Crippen LogP contribution in [0.2, 0.25) is 0 Å². The molecule has 2 rings (SSSR count). The number of carbonyl (C=O) groups excluding carboxylic acids is 1. The van der Waals surface area contributed by atoms with E-state index in [1.807, 2.05) is 13.8 Å². The van der Waals surface area contributed by atoms with Crippen LogP contribution in [0.25, 0.3) is 0 Å². The molecule has 0 aliphatic heterocycles. The van der Waals surface area contributed by atoms with Crippen molar-refractivity contribution in [2.45, 2.75) is 19.9 Å². The van der Waals surface area contributed by atoms with Gasteiger partial charge in [0.1, 0.15) is 29.4 Å². The second-order valence-electron chi connectivity index (χ2n) is 7.03. The van der Waals surface area contributed by atoms with Crippen LogP contribution in [-0.2, 0) is 10.0 Å². The number of hydrogen-bond donors (Lipinski definition) is 3. The summed E-state index contributed by atoms with van der Waals surface area (Å²) in [5, 5.41) is 5.94. The van der Waals surface area contributed by atoms with E-state index in [0.29, 0.717) is 36.4 Å². The normalized spacial score (nSPS) is 11.2. The molecular formula is C21H29N3O6S. The molecule has 0 radical (unpaired) electrons. The van der Waals surface area contributed by atoms with Crippen molar-refractivity contribution in [3.05, 3.63) is 42.0 Å². The fourth-order valence-electron chi connectivity index (χ4n) is 2.78. The molecule has 2 aromatic carbocycles. The molecule has 1 amide bonds. The van der Waals surface area contributed by atoms with Crippen molar-refractivity contribution in [3.8, 4) is 17.2 Å². The van der Waals surface area contributed by atoms with Crippen LogP contribution in [0, 0.1) is 0 Å². The van der Waals surface area contributed by atoms with E-state index >= 15 is 0 Å². The second-order valence-corrected chi connectivity index (χ2v) is 8.78. The highest BCUT2D eigenvalue weighted by molar-refractivity contribution is 7.92. The maximum absolute atomic E-state index is 13.0. The van der Waals surface area contributed by atoms with E-state index in [0.717, 1.165) is 6.26 Å². The number of benzene rings is 2. The Morgan fingerprint density at radius 1 is 1.03 bits per heavy atom. The van der Waals surface area contributed by atoms with E-state index in [-0.39, 0.29) is 16.9 Å². The van der Waals surface area contributed by atoms with Gasteiger partial charge in [0.25, 0.3) is 5.91 Å². The third-order valence-corrected chi connectivity index (χ3v) is 4.70. The summed E-state index contributed by atoms with van der Waals surface area (Å²) in [5.41, 5.74) is 0.632. The number of anilines is 2. The summed E-state index contributed by atoms with van der Waals surface area (Å²) in [6, 6.07) is 10.0. The number of carbonyl (C=O) groups is 1. The summed E-state index contributed by atoms with van der Waals surface area (Å²) in [6.07, 6.45) is 1.03. The highest BCUT2D eigenvalue weighted by Gasteiger charge is 2.20. The molecule has 170 valence electrons. The lowest BCUT2D eigenvalue weighted by atomic mass is 10.1. The Bertz CT molecular complexity index is 986. The van der Waals surface area contributed by atoms with Gasteiger partial charge in [0.2, 0.25) is 10.0 Å². The molecule has 9 nitrogen and oxygen atoms in total. The van der Waals surface area contributed by atoms with E-state index < -0.39 is 15.9 Å². The molecule has 0 spiro atoms. The lowest BCUT2D eigenvalue weighted by molar-refractivity contribution is 0.102. The highest BCUT2D eigenvalue weighted by atomic mass is 32.2. The first kappa shape index (κ1) is 24.3. The zero-order valence-corrected chi connectivity index (χ0v) is 19.1. The number of rotatable bonds is 11. The third kappa shape index (κ3) is 7.34. The Morgan fingerprint density at radius 3 is 2.23 bits per heavy atom. The summed E-state index contributed by atoms with van der Waals surface area (Å²) in [5.74, 6) is 0.601. The van der Waals surface area contributed by atoms with Crippen LogP contribution in [-0.4, -0.2) is 54.0 Å². The van der Waals surface area contributed by atoms with Gasteiger partial charge >= 0.3 is 0 Å². The first-order valence-electron chi connectivity index (χ1n) is 9.65. The number of amides is 1. The van der Waals surface area contributed by atoms with Gasteiger partial charge in [0.05, 0.1) is 31.9 Å². The molecule has 10 heteroatoms. The minimum Gasteiger partial charge on any atom is -0.496 e. The fraction of sp³-hybridized carbons (Fsp3) is 0.381. The van der Waals surface area contributed by atoms with Gasteiger partial charge in [-0.05, 0) is 24.3 Å². The molecule has 2 aromatic rings. The number of methoxy groups -OCH3 is 2. The molecule has 0 bridgehead atoms. The van der Waals surface area contributed by atoms with Crippen LogP contribution in [0.15, 0.2) is 36.4 Å². The molecule has 0 aliphatic carbocycles. The standard InChI is InChI=1S/C21H29N3O6S/c1-14(2)22-11-12-30-15-9-10-16(17(13-15)24-31(5,26)27)23-21(25)20-18(28-3)7-6-8-19(20)29-4/h6-10,13-14,22,24H,11-12H2,1-5H3,(H,23,25). The fourth-order valence-corrected chi connectivity index (χ4v) is 3.35. The number of sulfonamides is 1. The van der Waals surface area contributed by atoms with E-state index in [9.17, 15) is 13.2 Å². The average molecular weight is 452 g/mol. The van der Waals surface area contributed by atoms with Gasteiger partial charge in [-0.3, -0.25) is 9.52 Å². The van der Waals surface area contributed by atoms with Gasteiger partial charge in [0, 0.05) is 18.7 Å². The van der Waals surface area contributed by atoms with Gasteiger partial charge in [-0.1, -0.05) is 19.9 Å². The minimum absolute atomic E-state index is 0.180. The summed E-state index contributed by atoms with van der Waals surface area (Å²) in [4.78, 5) is 13.0. The molecule has 0 heterocycles. The molecule has 0 aromatic heterocycles. The van der Waals surface area contributed by atoms with E-state index in [1.54, 1.807) is 30.3 Å². The van der Waals surface area contributed by atoms with Gasteiger partial charge in [-0.15, -0.1) is 0 Å². The lowest BCUT2D eigenvalue weighted by Crippen LogP contribution is -2.27. The summed E-state index contributed by atoms with van der Waals surface area (Å²) in [7, 11) is -0.704. The van der Waals surface area contributed by atoms with Crippen LogP contribution in [0.5, 0.6) is 17.2 Å². The molecular weight excluding hydrogens is 422 g/mol. The molecule has 31 heavy (non-hydrogen) atoms. The Balaban J connectivity index is 2.30. The molecule has 0 fully saturated rings. The van der Waals surface area contributed by atoms with Gasteiger partial charge in [0.15, 0.2) is 0 Å². The Kier molecular flexibility index (Phi) is 8.52. The van der Waals surface area contributed by atoms with Crippen LogP contribution in [0.1, 0.15) is 24.2 Å². The molecule has 3 N–H and O–H groups in total. The quantitative estimate of drug-likeness (QED) is 0.450. The lowest BCUT2D eigenvalue weighted by Gasteiger charge is -2.17. The number of nitrogens with one attached hydrogen (secondary N) is 3. The third-order valence-electron chi connectivity index (χ3n) is 4.11. The van der Waals surface area contributed by atoms with E-state index in [1.165, 1.54) is 20.3 Å². The summed E-state index contributed by atoms with van der Waals surface area (Å²) >= 11 is 0. The SMILES string of the molecule is COc1cccc(OC)c1C(=O)Nc1ccc(OCCNC(C)C)cc1NS(C)(=O)=O. The first-order chi connectivity index (χ1) is 14.6. The molecule has 0 unspecified atom stereocenters. The van der Waals surface area contributed by atoms with E-state index in [2.05, 4.69) is 15.4 Å².